The number of ether oxygens (including phenoxy) is 1. The number of anilines is 3. The van der Waals surface area contributed by atoms with Crippen molar-refractivity contribution in [3.8, 4) is 5.75 Å². The van der Waals surface area contributed by atoms with E-state index >= 15 is 0 Å². The number of carbonyl (C=O) groups is 1. The van der Waals surface area contributed by atoms with Gasteiger partial charge in [0.2, 0.25) is 0 Å². The Morgan fingerprint density at radius 3 is 2.35 bits per heavy atom. The maximum atomic E-state index is 12.4. The molecule has 0 bridgehead atoms. The van der Waals surface area contributed by atoms with Gasteiger partial charge in [0.25, 0.3) is 5.91 Å². The third kappa shape index (κ3) is 4.16. The molecule has 0 radical (unpaired) electrons. The third-order valence-electron chi connectivity index (χ3n) is 3.81. The maximum Gasteiger partial charge on any atom is 0.275 e. The lowest BCUT2D eigenvalue weighted by Gasteiger charge is -2.11. The molecule has 2 N–H and O–H groups in total. The number of nitrogens with one attached hydrogen (secondary N) is 2. The van der Waals surface area contributed by atoms with E-state index < -0.39 is 0 Å². The summed E-state index contributed by atoms with van der Waals surface area (Å²) in [5.74, 6) is 0.816. The molecule has 132 valence electrons. The summed E-state index contributed by atoms with van der Waals surface area (Å²) in [4.78, 5) is 20.9. The molecule has 0 aliphatic rings. The lowest BCUT2D eigenvalue weighted by atomic mass is 10.2. The van der Waals surface area contributed by atoms with E-state index in [1.165, 1.54) is 18.0 Å². The van der Waals surface area contributed by atoms with Crippen molar-refractivity contribution >= 4 is 23.1 Å². The molecule has 6 nitrogen and oxygen atoms in total. The minimum atomic E-state index is -0.344. The van der Waals surface area contributed by atoms with Crippen LogP contribution in [0.3, 0.4) is 0 Å². The summed E-state index contributed by atoms with van der Waals surface area (Å²) in [5, 5.41) is 5.95. The molecule has 1 amide bonds. The summed E-state index contributed by atoms with van der Waals surface area (Å²) in [7, 11) is 1.56. The quantitative estimate of drug-likeness (QED) is 0.726. The Balaban J connectivity index is 1.71. The average molecular weight is 348 g/mol. The number of benzene rings is 2. The molecular weight excluding hydrogens is 328 g/mol. The van der Waals surface area contributed by atoms with Gasteiger partial charge in [-0.2, -0.15) is 0 Å². The normalized spacial score (nSPS) is 10.3. The average Bonchev–Trinajstić information content (AvgIpc) is 2.64. The van der Waals surface area contributed by atoms with E-state index in [1.807, 2.05) is 56.3 Å². The fourth-order valence-electron chi connectivity index (χ4n) is 2.40. The molecule has 2 aromatic carbocycles. The zero-order valence-corrected chi connectivity index (χ0v) is 14.9. The van der Waals surface area contributed by atoms with Gasteiger partial charge in [0.05, 0.1) is 25.2 Å². The maximum absolute atomic E-state index is 12.4. The van der Waals surface area contributed by atoms with Crippen LogP contribution in [0.1, 0.15) is 21.6 Å². The Kier molecular flexibility index (Phi) is 5.12. The van der Waals surface area contributed by atoms with Crippen LogP contribution in [0.2, 0.25) is 0 Å². The summed E-state index contributed by atoms with van der Waals surface area (Å²) in [6.07, 6.45) is 2.97. The fourth-order valence-corrected chi connectivity index (χ4v) is 2.40. The highest BCUT2D eigenvalue weighted by Gasteiger charge is 2.12. The van der Waals surface area contributed by atoms with Crippen LogP contribution >= 0.6 is 0 Å². The first-order valence-electron chi connectivity index (χ1n) is 8.17. The van der Waals surface area contributed by atoms with Crippen molar-refractivity contribution < 1.29 is 9.53 Å². The first-order valence-corrected chi connectivity index (χ1v) is 8.17. The van der Waals surface area contributed by atoms with E-state index in [4.69, 9.17) is 4.74 Å². The lowest BCUT2D eigenvalue weighted by Crippen LogP contribution is -2.15. The van der Waals surface area contributed by atoms with Crippen LogP contribution in [0.15, 0.2) is 54.9 Å². The standard InChI is InChI=1S/C20H20N4O2/c1-13-4-7-15(8-5-13)23-19-12-21-17(11-22-19)20(25)24-16-10-14(2)6-9-18(16)26-3/h4-12H,1-3H3,(H,22,23)(H,24,25). The van der Waals surface area contributed by atoms with Gasteiger partial charge >= 0.3 is 0 Å². The van der Waals surface area contributed by atoms with Gasteiger partial charge in [-0.3, -0.25) is 4.79 Å². The summed E-state index contributed by atoms with van der Waals surface area (Å²) >= 11 is 0. The molecule has 6 heteroatoms. The number of nitrogens with zero attached hydrogens (tertiary/aromatic N) is 2. The number of amides is 1. The molecule has 0 unspecified atom stereocenters. The zero-order chi connectivity index (χ0) is 18.5. The fraction of sp³-hybridized carbons (Fsp3) is 0.150. The molecule has 0 atom stereocenters. The van der Waals surface area contributed by atoms with Gasteiger partial charge in [-0.05, 0) is 43.7 Å². The largest absolute Gasteiger partial charge is 0.495 e. The van der Waals surface area contributed by atoms with Crippen LogP contribution < -0.4 is 15.4 Å². The Labute approximate surface area is 152 Å². The van der Waals surface area contributed by atoms with E-state index in [-0.39, 0.29) is 11.6 Å². The van der Waals surface area contributed by atoms with Crippen molar-refractivity contribution in [2.24, 2.45) is 0 Å². The topological polar surface area (TPSA) is 76.1 Å². The summed E-state index contributed by atoms with van der Waals surface area (Å²) in [6.45, 7) is 3.97. The van der Waals surface area contributed by atoms with Gasteiger partial charge in [-0.15, -0.1) is 0 Å². The van der Waals surface area contributed by atoms with Gasteiger partial charge in [-0.1, -0.05) is 23.8 Å². The number of rotatable bonds is 5. The van der Waals surface area contributed by atoms with Gasteiger partial charge in [0.15, 0.2) is 0 Å². The van der Waals surface area contributed by atoms with Crippen molar-refractivity contribution in [3.63, 3.8) is 0 Å². The van der Waals surface area contributed by atoms with Gasteiger partial charge < -0.3 is 15.4 Å². The first kappa shape index (κ1) is 17.4. The number of carbonyl (C=O) groups excluding carboxylic acids is 1. The van der Waals surface area contributed by atoms with Crippen LogP contribution in [0.25, 0.3) is 0 Å². The highest BCUT2D eigenvalue weighted by molar-refractivity contribution is 6.03. The number of hydrogen-bond acceptors (Lipinski definition) is 5. The third-order valence-corrected chi connectivity index (χ3v) is 3.81. The molecule has 1 heterocycles. The van der Waals surface area contributed by atoms with Crippen molar-refractivity contribution in [2.45, 2.75) is 13.8 Å². The summed E-state index contributed by atoms with van der Waals surface area (Å²) in [5.41, 5.74) is 3.93. The van der Waals surface area contributed by atoms with Crippen molar-refractivity contribution in [2.75, 3.05) is 17.7 Å². The highest BCUT2D eigenvalue weighted by Crippen LogP contribution is 2.25. The highest BCUT2D eigenvalue weighted by atomic mass is 16.5. The van der Waals surface area contributed by atoms with E-state index in [2.05, 4.69) is 20.6 Å². The zero-order valence-electron chi connectivity index (χ0n) is 14.9. The summed E-state index contributed by atoms with van der Waals surface area (Å²) < 4.78 is 5.27. The number of aryl methyl sites for hydroxylation is 2. The van der Waals surface area contributed by atoms with Crippen LogP contribution in [0, 0.1) is 13.8 Å². The molecule has 26 heavy (non-hydrogen) atoms. The molecule has 0 saturated carbocycles. The number of methoxy groups -OCH3 is 1. The van der Waals surface area contributed by atoms with Crippen LogP contribution in [0.5, 0.6) is 5.75 Å². The Hall–Kier alpha value is -3.41. The SMILES string of the molecule is COc1ccc(C)cc1NC(=O)c1cnc(Nc2ccc(C)cc2)cn1. The van der Waals surface area contributed by atoms with Crippen LogP contribution in [-0.2, 0) is 0 Å². The van der Waals surface area contributed by atoms with Crippen LogP contribution in [0.4, 0.5) is 17.2 Å². The van der Waals surface area contributed by atoms with Gasteiger partial charge in [0, 0.05) is 5.69 Å². The molecule has 1 aromatic heterocycles. The van der Waals surface area contributed by atoms with E-state index in [0.29, 0.717) is 17.3 Å². The Morgan fingerprint density at radius 1 is 0.962 bits per heavy atom. The minimum absolute atomic E-state index is 0.225. The van der Waals surface area contributed by atoms with Crippen LogP contribution in [-0.4, -0.2) is 23.0 Å². The summed E-state index contributed by atoms with van der Waals surface area (Å²) in [6, 6.07) is 13.5. The lowest BCUT2D eigenvalue weighted by molar-refractivity contribution is 0.102. The predicted octanol–water partition coefficient (Wildman–Crippen LogP) is 4.10. The molecule has 0 aliphatic heterocycles. The first-order chi connectivity index (χ1) is 12.5. The predicted molar refractivity (Wildman–Crippen MR) is 102 cm³/mol. The molecule has 0 fully saturated rings. The minimum Gasteiger partial charge on any atom is -0.495 e. The smallest absolute Gasteiger partial charge is 0.275 e. The van der Waals surface area contributed by atoms with Crippen molar-refractivity contribution in [1.29, 1.82) is 0 Å². The number of hydrogen-bond donors (Lipinski definition) is 2. The number of aromatic nitrogens is 2. The Bertz CT molecular complexity index is 906. The molecule has 3 aromatic rings. The second kappa shape index (κ2) is 7.65. The van der Waals surface area contributed by atoms with Gasteiger partial charge in [0.1, 0.15) is 17.3 Å². The van der Waals surface area contributed by atoms with Gasteiger partial charge in [-0.25, -0.2) is 9.97 Å². The molecule has 0 saturated heterocycles. The van der Waals surface area contributed by atoms with E-state index in [1.54, 1.807) is 7.11 Å². The van der Waals surface area contributed by atoms with E-state index in [9.17, 15) is 4.79 Å². The Morgan fingerprint density at radius 2 is 1.69 bits per heavy atom. The molecule has 0 aliphatic carbocycles. The second-order valence-electron chi connectivity index (χ2n) is 5.94. The molecule has 0 spiro atoms. The monoisotopic (exact) mass is 348 g/mol. The molecular formula is C20H20N4O2. The van der Waals surface area contributed by atoms with Crippen molar-refractivity contribution in [3.05, 3.63) is 71.7 Å². The second-order valence-corrected chi connectivity index (χ2v) is 5.94. The molecule has 3 rings (SSSR count). The van der Waals surface area contributed by atoms with E-state index in [0.717, 1.165) is 11.3 Å². The van der Waals surface area contributed by atoms with Crippen molar-refractivity contribution in [1.82, 2.24) is 9.97 Å².